The maximum atomic E-state index is 10.4. The van der Waals surface area contributed by atoms with Crippen LogP contribution in [-0.4, -0.2) is 25.5 Å². The summed E-state index contributed by atoms with van der Waals surface area (Å²) in [5.41, 5.74) is 2.42. The molecule has 0 atom stereocenters. The maximum Gasteiger partial charge on any atom is 0.123 e. The second kappa shape index (κ2) is 6.52. The highest BCUT2D eigenvalue weighted by Gasteiger charge is 2.26. The third-order valence-electron chi connectivity index (χ3n) is 4.56. The molecule has 134 valence electrons. The van der Waals surface area contributed by atoms with Gasteiger partial charge in [-0.05, 0) is 43.2 Å². The van der Waals surface area contributed by atoms with Crippen LogP contribution in [0, 0.1) is 13.8 Å². The first-order chi connectivity index (χ1) is 12.3. The van der Waals surface area contributed by atoms with Crippen molar-refractivity contribution >= 4 is 0 Å². The number of aryl methyl sites for hydroxylation is 2. The summed E-state index contributed by atoms with van der Waals surface area (Å²) in [6.07, 6.45) is 0. The van der Waals surface area contributed by atoms with Crippen molar-refractivity contribution in [2.75, 3.05) is 0 Å². The fraction of sp³-hybridized carbons (Fsp3) is 0.143. The minimum atomic E-state index is -0.699. The molecule has 0 unspecified atom stereocenters. The zero-order valence-electron chi connectivity index (χ0n) is 14.4. The van der Waals surface area contributed by atoms with Gasteiger partial charge in [0.15, 0.2) is 0 Å². The van der Waals surface area contributed by atoms with Crippen LogP contribution in [0.3, 0.4) is 0 Å². The van der Waals surface area contributed by atoms with E-state index in [2.05, 4.69) is 0 Å². The maximum absolute atomic E-state index is 10.4. The molecule has 26 heavy (non-hydrogen) atoms. The highest BCUT2D eigenvalue weighted by molar-refractivity contribution is 5.59. The minimum absolute atomic E-state index is 0.00718. The van der Waals surface area contributed by atoms with E-state index in [1.807, 2.05) is 0 Å². The molecule has 0 aromatic heterocycles. The van der Waals surface area contributed by atoms with Gasteiger partial charge in [0.05, 0.1) is 0 Å². The normalized spacial score (nSPS) is 11.0. The van der Waals surface area contributed by atoms with E-state index in [-0.39, 0.29) is 28.7 Å². The quantitative estimate of drug-likeness (QED) is 0.459. The molecule has 0 amide bonds. The van der Waals surface area contributed by atoms with Crippen LogP contribution in [-0.2, 0) is 0 Å². The number of phenols is 5. The Hall–Kier alpha value is -3.34. The van der Waals surface area contributed by atoms with E-state index in [1.165, 1.54) is 18.2 Å². The lowest BCUT2D eigenvalue weighted by Gasteiger charge is -2.23. The number of para-hydroxylation sites is 1. The van der Waals surface area contributed by atoms with Gasteiger partial charge in [-0.2, -0.15) is 0 Å². The average molecular weight is 352 g/mol. The first-order valence-corrected chi connectivity index (χ1v) is 8.12. The third-order valence-corrected chi connectivity index (χ3v) is 4.56. The molecule has 0 spiro atoms. The minimum Gasteiger partial charge on any atom is -0.508 e. The molecular formula is C21H20O5. The van der Waals surface area contributed by atoms with Gasteiger partial charge in [0, 0.05) is 34.7 Å². The Kier molecular flexibility index (Phi) is 4.38. The summed E-state index contributed by atoms with van der Waals surface area (Å²) >= 11 is 0. The first-order valence-electron chi connectivity index (χ1n) is 8.12. The lowest BCUT2D eigenvalue weighted by atomic mass is 9.82. The van der Waals surface area contributed by atoms with Crippen molar-refractivity contribution in [3.8, 4) is 28.7 Å². The van der Waals surface area contributed by atoms with Crippen molar-refractivity contribution in [3.05, 3.63) is 76.3 Å². The van der Waals surface area contributed by atoms with Crippen LogP contribution >= 0.6 is 0 Å². The van der Waals surface area contributed by atoms with Gasteiger partial charge >= 0.3 is 0 Å². The predicted octanol–water partition coefficient (Wildman–Crippen LogP) is 4.01. The van der Waals surface area contributed by atoms with E-state index in [0.29, 0.717) is 27.8 Å². The Bertz CT molecular complexity index is 921. The molecule has 0 bridgehead atoms. The van der Waals surface area contributed by atoms with Gasteiger partial charge in [-0.3, -0.25) is 0 Å². The summed E-state index contributed by atoms with van der Waals surface area (Å²) in [6.45, 7) is 3.39. The molecule has 0 radical (unpaired) electrons. The number of hydrogen-bond acceptors (Lipinski definition) is 5. The van der Waals surface area contributed by atoms with Gasteiger partial charge in [0.25, 0.3) is 0 Å². The Morgan fingerprint density at radius 1 is 0.538 bits per heavy atom. The van der Waals surface area contributed by atoms with Crippen LogP contribution < -0.4 is 0 Å². The number of aromatic hydroxyl groups is 5. The fourth-order valence-electron chi connectivity index (χ4n) is 3.11. The largest absolute Gasteiger partial charge is 0.508 e. The van der Waals surface area contributed by atoms with Gasteiger partial charge in [-0.1, -0.05) is 18.2 Å². The molecule has 0 fully saturated rings. The lowest BCUT2D eigenvalue weighted by Crippen LogP contribution is -2.06. The van der Waals surface area contributed by atoms with Gasteiger partial charge < -0.3 is 25.5 Å². The SMILES string of the molecule is Cc1cc(C(c2ccccc2O)c2cc(C)c(O)cc2O)c(O)cc1O. The Balaban J connectivity index is 2.34. The van der Waals surface area contributed by atoms with E-state index in [9.17, 15) is 25.5 Å². The van der Waals surface area contributed by atoms with Crippen LogP contribution in [0.2, 0.25) is 0 Å². The average Bonchev–Trinajstić information content (AvgIpc) is 2.58. The third kappa shape index (κ3) is 2.99. The highest BCUT2D eigenvalue weighted by atomic mass is 16.3. The van der Waals surface area contributed by atoms with E-state index in [4.69, 9.17) is 0 Å². The molecule has 5 heteroatoms. The van der Waals surface area contributed by atoms with Crippen LogP contribution in [0.15, 0.2) is 48.5 Å². The Labute approximate surface area is 151 Å². The lowest BCUT2D eigenvalue weighted by molar-refractivity contribution is 0.435. The number of hydrogen-bond donors (Lipinski definition) is 5. The molecule has 0 saturated heterocycles. The molecular weight excluding hydrogens is 332 g/mol. The van der Waals surface area contributed by atoms with E-state index < -0.39 is 5.92 Å². The molecule has 3 aromatic rings. The van der Waals surface area contributed by atoms with Crippen molar-refractivity contribution in [3.63, 3.8) is 0 Å². The number of benzene rings is 3. The number of phenolic OH excluding ortho intramolecular Hbond substituents is 5. The molecule has 0 saturated carbocycles. The summed E-state index contributed by atoms with van der Waals surface area (Å²) in [6, 6.07) is 12.4. The van der Waals surface area contributed by atoms with Crippen LogP contribution in [0.5, 0.6) is 28.7 Å². The molecule has 3 rings (SSSR count). The van der Waals surface area contributed by atoms with E-state index in [1.54, 1.807) is 44.2 Å². The second-order valence-corrected chi connectivity index (χ2v) is 6.39. The topological polar surface area (TPSA) is 101 Å². The van der Waals surface area contributed by atoms with Crippen LogP contribution in [0.1, 0.15) is 33.7 Å². The summed E-state index contributed by atoms with van der Waals surface area (Å²) in [4.78, 5) is 0. The van der Waals surface area contributed by atoms with E-state index >= 15 is 0 Å². The molecule has 0 aliphatic rings. The first kappa shape index (κ1) is 17.5. The smallest absolute Gasteiger partial charge is 0.123 e. The summed E-state index contributed by atoms with van der Waals surface area (Å²) in [5.74, 6) is -1.11. The molecule has 0 aliphatic carbocycles. The zero-order chi connectivity index (χ0) is 19.0. The van der Waals surface area contributed by atoms with Crippen molar-refractivity contribution in [2.24, 2.45) is 0 Å². The van der Waals surface area contributed by atoms with Crippen molar-refractivity contribution in [2.45, 2.75) is 19.8 Å². The highest BCUT2D eigenvalue weighted by Crippen LogP contribution is 2.45. The van der Waals surface area contributed by atoms with Gasteiger partial charge in [0.2, 0.25) is 0 Å². The monoisotopic (exact) mass is 352 g/mol. The Morgan fingerprint density at radius 2 is 1.00 bits per heavy atom. The summed E-state index contributed by atoms with van der Waals surface area (Å²) in [7, 11) is 0. The van der Waals surface area contributed by atoms with Crippen LogP contribution in [0.25, 0.3) is 0 Å². The second-order valence-electron chi connectivity index (χ2n) is 6.39. The van der Waals surface area contributed by atoms with Crippen molar-refractivity contribution in [1.82, 2.24) is 0 Å². The van der Waals surface area contributed by atoms with Gasteiger partial charge in [0.1, 0.15) is 28.7 Å². The summed E-state index contributed by atoms with van der Waals surface area (Å²) in [5, 5.41) is 50.9. The standard InChI is InChI=1S/C21H20O5/c1-11-7-14(19(25)9-17(11)23)21(13-5-3-4-6-16(13)22)15-8-12(2)18(24)10-20(15)26/h3-10,21-26H,1-2H3. The molecule has 5 nitrogen and oxygen atoms in total. The molecule has 3 aromatic carbocycles. The zero-order valence-corrected chi connectivity index (χ0v) is 14.4. The van der Waals surface area contributed by atoms with Crippen molar-refractivity contribution in [1.29, 1.82) is 0 Å². The van der Waals surface area contributed by atoms with E-state index in [0.717, 1.165) is 0 Å². The fourth-order valence-corrected chi connectivity index (χ4v) is 3.11. The van der Waals surface area contributed by atoms with Crippen molar-refractivity contribution < 1.29 is 25.5 Å². The van der Waals surface area contributed by atoms with Gasteiger partial charge in [-0.25, -0.2) is 0 Å². The Morgan fingerprint density at radius 3 is 1.46 bits per heavy atom. The molecule has 5 N–H and O–H groups in total. The molecule has 0 heterocycles. The predicted molar refractivity (Wildman–Crippen MR) is 98.1 cm³/mol. The summed E-state index contributed by atoms with van der Waals surface area (Å²) < 4.78 is 0. The van der Waals surface area contributed by atoms with Gasteiger partial charge in [-0.15, -0.1) is 0 Å². The number of rotatable bonds is 3. The molecule has 0 aliphatic heterocycles. The van der Waals surface area contributed by atoms with Crippen LogP contribution in [0.4, 0.5) is 0 Å².